The SMILES string of the molecule is CCCCSc1nc2n(n1)C(c1ccc(OCc3ccc(Cl)cc3)cc1)C(C(N)=O)=C(C)N2. The summed E-state index contributed by atoms with van der Waals surface area (Å²) < 4.78 is 7.64. The average Bonchev–Trinajstić information content (AvgIpc) is 3.20. The molecular weight excluding hydrogens is 458 g/mol. The molecule has 1 aromatic heterocycles. The van der Waals surface area contributed by atoms with E-state index < -0.39 is 11.9 Å². The number of anilines is 1. The van der Waals surface area contributed by atoms with Gasteiger partial charge in [0.25, 0.3) is 0 Å². The van der Waals surface area contributed by atoms with Crippen LogP contribution in [0.4, 0.5) is 5.95 Å². The number of hydrogen-bond acceptors (Lipinski definition) is 6. The molecule has 3 N–H and O–H groups in total. The molecule has 0 fully saturated rings. The van der Waals surface area contributed by atoms with Crippen LogP contribution >= 0.6 is 23.4 Å². The highest BCUT2D eigenvalue weighted by Gasteiger charge is 2.33. The number of allylic oxidation sites excluding steroid dienone is 1. The molecule has 2 aromatic carbocycles. The summed E-state index contributed by atoms with van der Waals surface area (Å²) in [6, 6.07) is 14.7. The zero-order valence-electron chi connectivity index (χ0n) is 18.5. The number of halogens is 1. The van der Waals surface area contributed by atoms with Crippen LogP contribution in [0.5, 0.6) is 5.75 Å². The molecule has 33 heavy (non-hydrogen) atoms. The Hall–Kier alpha value is -2.97. The second-order valence-electron chi connectivity index (χ2n) is 7.78. The Bertz CT molecular complexity index is 1160. The molecule has 7 nitrogen and oxygen atoms in total. The highest BCUT2D eigenvalue weighted by Crippen LogP contribution is 2.36. The number of thioether (sulfide) groups is 1. The van der Waals surface area contributed by atoms with E-state index in [0.29, 0.717) is 34.0 Å². The first kappa shape index (κ1) is 23.2. The van der Waals surface area contributed by atoms with Gasteiger partial charge in [0.05, 0.1) is 5.57 Å². The average molecular weight is 484 g/mol. The van der Waals surface area contributed by atoms with Gasteiger partial charge in [0.15, 0.2) is 0 Å². The van der Waals surface area contributed by atoms with Crippen LogP contribution < -0.4 is 15.8 Å². The first-order valence-corrected chi connectivity index (χ1v) is 12.2. The van der Waals surface area contributed by atoms with Crippen molar-refractivity contribution < 1.29 is 9.53 Å². The molecule has 0 saturated heterocycles. The summed E-state index contributed by atoms with van der Waals surface area (Å²) in [6.45, 7) is 4.42. The summed E-state index contributed by atoms with van der Waals surface area (Å²) in [4.78, 5) is 17.0. The summed E-state index contributed by atoms with van der Waals surface area (Å²) in [5.41, 5.74) is 8.81. The maximum Gasteiger partial charge on any atom is 0.248 e. The number of nitrogens with one attached hydrogen (secondary N) is 1. The van der Waals surface area contributed by atoms with Gasteiger partial charge in [-0.25, -0.2) is 4.68 Å². The van der Waals surface area contributed by atoms with Crippen LogP contribution in [-0.4, -0.2) is 26.4 Å². The summed E-state index contributed by atoms with van der Waals surface area (Å²) in [6.07, 6.45) is 2.20. The number of carbonyl (C=O) groups excluding carboxylic acids is 1. The largest absolute Gasteiger partial charge is 0.489 e. The van der Waals surface area contributed by atoms with Gasteiger partial charge >= 0.3 is 0 Å². The van der Waals surface area contributed by atoms with Crippen molar-refractivity contribution in [3.8, 4) is 5.75 Å². The fourth-order valence-corrected chi connectivity index (χ4v) is 4.66. The normalized spacial score (nSPS) is 15.2. The highest BCUT2D eigenvalue weighted by atomic mass is 35.5. The number of benzene rings is 2. The van der Waals surface area contributed by atoms with Gasteiger partial charge < -0.3 is 15.8 Å². The number of carbonyl (C=O) groups is 1. The smallest absolute Gasteiger partial charge is 0.248 e. The zero-order chi connectivity index (χ0) is 23.4. The van der Waals surface area contributed by atoms with Gasteiger partial charge in [-0.2, -0.15) is 4.98 Å². The molecule has 0 radical (unpaired) electrons. The Balaban J connectivity index is 1.57. The van der Waals surface area contributed by atoms with Crippen molar-refractivity contribution in [3.05, 3.63) is 76.0 Å². The molecule has 9 heteroatoms. The number of amides is 1. The van der Waals surface area contributed by atoms with Crippen LogP contribution in [0.25, 0.3) is 0 Å². The minimum absolute atomic E-state index is 0.432. The van der Waals surface area contributed by atoms with Crippen molar-refractivity contribution in [3.63, 3.8) is 0 Å². The fraction of sp³-hybridized carbons (Fsp3) is 0.292. The Kier molecular flexibility index (Phi) is 7.25. The maximum atomic E-state index is 12.3. The van der Waals surface area contributed by atoms with E-state index in [0.717, 1.165) is 35.5 Å². The molecule has 1 unspecified atom stereocenters. The van der Waals surface area contributed by atoms with E-state index in [-0.39, 0.29) is 0 Å². The van der Waals surface area contributed by atoms with Crippen molar-refractivity contribution in [2.24, 2.45) is 5.73 Å². The van der Waals surface area contributed by atoms with Gasteiger partial charge in [-0.15, -0.1) is 5.10 Å². The molecule has 0 bridgehead atoms. The van der Waals surface area contributed by atoms with Crippen LogP contribution in [0.1, 0.15) is 43.9 Å². The molecule has 0 aliphatic carbocycles. The lowest BCUT2D eigenvalue weighted by Gasteiger charge is -2.27. The third-order valence-electron chi connectivity index (χ3n) is 5.34. The molecule has 2 heterocycles. The molecule has 0 saturated carbocycles. The number of nitrogens with zero attached hydrogens (tertiary/aromatic N) is 3. The zero-order valence-corrected chi connectivity index (χ0v) is 20.1. The minimum atomic E-state index is -0.491. The van der Waals surface area contributed by atoms with Crippen molar-refractivity contribution in [2.75, 3.05) is 11.1 Å². The Morgan fingerprint density at radius 2 is 1.94 bits per heavy atom. The Labute approximate surface area is 202 Å². The topological polar surface area (TPSA) is 95.1 Å². The Morgan fingerprint density at radius 3 is 2.61 bits per heavy atom. The number of hydrogen-bond donors (Lipinski definition) is 2. The van der Waals surface area contributed by atoms with Crippen molar-refractivity contribution in [1.82, 2.24) is 14.8 Å². The second kappa shape index (κ2) is 10.3. The lowest BCUT2D eigenvalue weighted by Crippen LogP contribution is -2.31. The van der Waals surface area contributed by atoms with Crippen LogP contribution in [0.3, 0.4) is 0 Å². The third-order valence-corrected chi connectivity index (χ3v) is 6.52. The molecule has 1 atom stereocenters. The molecule has 172 valence electrons. The number of fused-ring (bicyclic) bond motifs is 1. The molecule has 3 aromatic rings. The van der Waals surface area contributed by atoms with E-state index in [1.807, 2.05) is 55.5 Å². The van der Waals surface area contributed by atoms with Gasteiger partial charge in [0.2, 0.25) is 17.0 Å². The van der Waals surface area contributed by atoms with Crippen LogP contribution in [0.2, 0.25) is 5.02 Å². The van der Waals surface area contributed by atoms with E-state index in [1.54, 1.807) is 16.4 Å². The van der Waals surface area contributed by atoms with Crippen LogP contribution in [0.15, 0.2) is 65.0 Å². The predicted molar refractivity (Wildman–Crippen MR) is 132 cm³/mol. The molecular formula is C24H26ClN5O2S. The number of unbranched alkanes of at least 4 members (excludes halogenated alkanes) is 1. The highest BCUT2D eigenvalue weighted by molar-refractivity contribution is 7.99. The predicted octanol–water partition coefficient (Wildman–Crippen LogP) is 5.18. The summed E-state index contributed by atoms with van der Waals surface area (Å²) in [5, 5.41) is 9.22. The summed E-state index contributed by atoms with van der Waals surface area (Å²) in [5.74, 6) is 1.77. The first-order chi connectivity index (χ1) is 16.0. The standard InChI is InChI=1S/C24H26ClN5O2S/c1-3-4-13-33-24-28-23-27-15(2)20(22(26)31)21(30(23)29-24)17-7-11-19(12-8-17)32-14-16-5-9-18(25)10-6-16/h5-12,21H,3-4,13-14H2,1-2H3,(H2,26,31)(H,27,28,29). The number of primary amides is 1. The minimum Gasteiger partial charge on any atom is -0.489 e. The van der Waals surface area contributed by atoms with Crippen molar-refractivity contribution in [2.45, 2.75) is 44.5 Å². The molecule has 1 aliphatic rings. The lowest BCUT2D eigenvalue weighted by molar-refractivity contribution is -0.115. The van der Waals surface area contributed by atoms with Gasteiger partial charge in [-0.05, 0) is 48.7 Å². The second-order valence-corrected chi connectivity index (χ2v) is 9.28. The fourth-order valence-electron chi connectivity index (χ4n) is 3.62. The lowest BCUT2D eigenvalue weighted by atomic mass is 9.95. The quantitative estimate of drug-likeness (QED) is 0.322. The number of ether oxygens (including phenoxy) is 1. The third kappa shape index (κ3) is 5.34. The maximum absolute atomic E-state index is 12.3. The molecule has 0 spiro atoms. The van der Waals surface area contributed by atoms with Crippen molar-refractivity contribution >= 4 is 35.2 Å². The summed E-state index contributed by atoms with van der Waals surface area (Å²) >= 11 is 7.55. The van der Waals surface area contributed by atoms with Gasteiger partial charge in [-0.1, -0.05) is 61.0 Å². The van der Waals surface area contributed by atoms with E-state index in [4.69, 9.17) is 22.1 Å². The van der Waals surface area contributed by atoms with Gasteiger partial charge in [0.1, 0.15) is 18.4 Å². The molecule has 1 aliphatic heterocycles. The van der Waals surface area contributed by atoms with E-state index in [1.165, 1.54) is 0 Å². The van der Waals surface area contributed by atoms with Crippen LogP contribution in [0, 0.1) is 0 Å². The monoisotopic (exact) mass is 483 g/mol. The van der Waals surface area contributed by atoms with Gasteiger partial charge in [0, 0.05) is 16.5 Å². The number of aromatic nitrogens is 3. The Morgan fingerprint density at radius 1 is 1.21 bits per heavy atom. The van der Waals surface area contributed by atoms with E-state index in [9.17, 15) is 4.79 Å². The van der Waals surface area contributed by atoms with Crippen LogP contribution in [-0.2, 0) is 11.4 Å². The molecule has 1 amide bonds. The van der Waals surface area contributed by atoms with E-state index in [2.05, 4.69) is 22.3 Å². The van der Waals surface area contributed by atoms with Crippen molar-refractivity contribution in [1.29, 1.82) is 0 Å². The molecule has 4 rings (SSSR count). The number of rotatable bonds is 9. The first-order valence-electron chi connectivity index (χ1n) is 10.8. The summed E-state index contributed by atoms with van der Waals surface area (Å²) in [7, 11) is 0. The van der Waals surface area contributed by atoms with Gasteiger partial charge in [-0.3, -0.25) is 4.79 Å². The van der Waals surface area contributed by atoms with E-state index >= 15 is 0 Å². The number of nitrogens with two attached hydrogens (primary N) is 1.